The van der Waals surface area contributed by atoms with Gasteiger partial charge in [-0.3, -0.25) is 9.59 Å². The Morgan fingerprint density at radius 3 is 2.84 bits per heavy atom. The zero-order chi connectivity index (χ0) is 14.0. The summed E-state index contributed by atoms with van der Waals surface area (Å²) in [5.41, 5.74) is 5.71. The molecule has 0 aromatic heterocycles. The minimum Gasteiger partial charge on any atom is -0.367 e. The molecule has 2 rings (SSSR count). The molecule has 6 heteroatoms. The fourth-order valence-corrected chi connectivity index (χ4v) is 2.17. The second-order valence-corrected chi connectivity index (χ2v) is 4.40. The van der Waals surface area contributed by atoms with Crippen LogP contribution in [-0.2, 0) is 9.53 Å². The lowest BCUT2D eigenvalue weighted by atomic mass is 10.1. The largest absolute Gasteiger partial charge is 0.367 e. The molecule has 2 N–H and O–H groups in total. The van der Waals surface area contributed by atoms with Gasteiger partial charge in [0.25, 0.3) is 0 Å². The van der Waals surface area contributed by atoms with Crippen LogP contribution in [0.2, 0.25) is 0 Å². The van der Waals surface area contributed by atoms with E-state index >= 15 is 0 Å². The lowest BCUT2D eigenvalue weighted by Gasteiger charge is -2.34. The molecular formula is C13H15FN2O3. The van der Waals surface area contributed by atoms with E-state index in [9.17, 15) is 14.0 Å². The van der Waals surface area contributed by atoms with Crippen molar-refractivity contribution in [2.75, 3.05) is 24.6 Å². The minimum atomic E-state index is -0.739. The van der Waals surface area contributed by atoms with Gasteiger partial charge in [-0.1, -0.05) is 6.07 Å². The average molecular weight is 266 g/mol. The van der Waals surface area contributed by atoms with Gasteiger partial charge in [0.2, 0.25) is 5.91 Å². The number of nitrogens with zero attached hydrogens (tertiary/aromatic N) is 1. The summed E-state index contributed by atoms with van der Waals surface area (Å²) in [5, 5.41) is 0. The van der Waals surface area contributed by atoms with E-state index in [0.717, 1.165) is 0 Å². The molecule has 102 valence electrons. The van der Waals surface area contributed by atoms with Gasteiger partial charge in [-0.2, -0.15) is 0 Å². The molecule has 1 amide bonds. The van der Waals surface area contributed by atoms with Crippen LogP contribution in [0.25, 0.3) is 0 Å². The van der Waals surface area contributed by atoms with Crippen molar-refractivity contribution in [3.05, 3.63) is 29.6 Å². The van der Waals surface area contributed by atoms with E-state index in [1.165, 1.54) is 19.1 Å². The number of morpholine rings is 1. The number of nitrogens with two attached hydrogens (primary N) is 1. The predicted molar refractivity (Wildman–Crippen MR) is 67.6 cm³/mol. The molecule has 1 aliphatic rings. The maximum atomic E-state index is 13.7. The van der Waals surface area contributed by atoms with Crippen LogP contribution in [-0.4, -0.2) is 37.5 Å². The SMILES string of the molecule is CC(=O)c1c(F)cccc1N1CCOC(C(N)=O)C1. The van der Waals surface area contributed by atoms with Gasteiger partial charge < -0.3 is 15.4 Å². The highest BCUT2D eigenvalue weighted by Gasteiger charge is 2.27. The number of benzene rings is 1. The van der Waals surface area contributed by atoms with Crippen LogP contribution < -0.4 is 10.6 Å². The fraction of sp³-hybridized carbons (Fsp3) is 0.385. The first-order valence-electron chi connectivity index (χ1n) is 5.96. The van der Waals surface area contributed by atoms with Gasteiger partial charge in [-0.15, -0.1) is 0 Å². The molecule has 0 bridgehead atoms. The molecule has 1 aromatic rings. The summed E-state index contributed by atoms with van der Waals surface area (Å²) in [7, 11) is 0. The highest BCUT2D eigenvalue weighted by atomic mass is 19.1. The Balaban J connectivity index is 2.34. The van der Waals surface area contributed by atoms with Crippen molar-refractivity contribution in [2.24, 2.45) is 5.73 Å². The summed E-state index contributed by atoms with van der Waals surface area (Å²) in [6.45, 7) is 2.32. The number of halogens is 1. The summed E-state index contributed by atoms with van der Waals surface area (Å²) in [6.07, 6.45) is -0.739. The molecule has 0 radical (unpaired) electrons. The van der Waals surface area contributed by atoms with E-state index in [2.05, 4.69) is 0 Å². The number of hydrogen-bond acceptors (Lipinski definition) is 4. The number of ketones is 1. The molecule has 1 unspecified atom stereocenters. The van der Waals surface area contributed by atoms with Gasteiger partial charge in [0.05, 0.1) is 24.4 Å². The summed E-state index contributed by atoms with van der Waals surface area (Å²) in [5.74, 6) is -1.48. The number of anilines is 1. The maximum absolute atomic E-state index is 13.7. The summed E-state index contributed by atoms with van der Waals surface area (Å²) >= 11 is 0. The zero-order valence-corrected chi connectivity index (χ0v) is 10.6. The van der Waals surface area contributed by atoms with Crippen LogP contribution in [0.15, 0.2) is 18.2 Å². The molecular weight excluding hydrogens is 251 g/mol. The Hall–Kier alpha value is -1.95. The van der Waals surface area contributed by atoms with Crippen LogP contribution in [0.5, 0.6) is 0 Å². The van der Waals surface area contributed by atoms with E-state index < -0.39 is 17.8 Å². The Kier molecular flexibility index (Phi) is 3.80. The van der Waals surface area contributed by atoms with Crippen LogP contribution in [0.4, 0.5) is 10.1 Å². The summed E-state index contributed by atoms with van der Waals surface area (Å²) in [6, 6.07) is 4.43. The average Bonchev–Trinajstić information content (AvgIpc) is 2.38. The molecule has 19 heavy (non-hydrogen) atoms. The van der Waals surface area contributed by atoms with Gasteiger partial charge in [0.15, 0.2) is 11.9 Å². The first-order valence-corrected chi connectivity index (χ1v) is 5.96. The third kappa shape index (κ3) is 2.73. The Morgan fingerprint density at radius 2 is 2.21 bits per heavy atom. The van der Waals surface area contributed by atoms with E-state index in [1.807, 2.05) is 0 Å². The van der Waals surface area contributed by atoms with Crippen molar-refractivity contribution >= 4 is 17.4 Å². The Labute approximate surface area is 110 Å². The molecule has 1 saturated heterocycles. The first-order chi connectivity index (χ1) is 9.00. The summed E-state index contributed by atoms with van der Waals surface area (Å²) < 4.78 is 19.0. The number of carbonyl (C=O) groups excluding carboxylic acids is 2. The van der Waals surface area contributed by atoms with Gasteiger partial charge >= 0.3 is 0 Å². The van der Waals surface area contributed by atoms with Crippen molar-refractivity contribution in [3.63, 3.8) is 0 Å². The third-order valence-corrected chi connectivity index (χ3v) is 3.07. The maximum Gasteiger partial charge on any atom is 0.248 e. The molecule has 5 nitrogen and oxygen atoms in total. The van der Waals surface area contributed by atoms with Crippen molar-refractivity contribution < 1.29 is 18.7 Å². The number of primary amides is 1. The van der Waals surface area contributed by atoms with Crippen LogP contribution >= 0.6 is 0 Å². The Morgan fingerprint density at radius 1 is 1.47 bits per heavy atom. The highest BCUT2D eigenvalue weighted by molar-refractivity contribution is 6.00. The number of Topliss-reactive ketones (excluding diaryl/α,β-unsaturated/α-hetero) is 1. The second kappa shape index (κ2) is 5.36. The molecule has 1 fully saturated rings. The lowest BCUT2D eigenvalue weighted by Crippen LogP contribution is -2.48. The second-order valence-electron chi connectivity index (χ2n) is 4.40. The normalized spacial score (nSPS) is 19.3. The van der Waals surface area contributed by atoms with Gasteiger partial charge in [-0.05, 0) is 19.1 Å². The first kappa shape index (κ1) is 13.5. The minimum absolute atomic E-state index is 0.0348. The van der Waals surface area contributed by atoms with Crippen LogP contribution in [0.1, 0.15) is 17.3 Å². The lowest BCUT2D eigenvalue weighted by molar-refractivity contribution is -0.130. The standard InChI is InChI=1S/C13H15FN2O3/c1-8(17)12-9(14)3-2-4-10(12)16-5-6-19-11(7-16)13(15)18/h2-4,11H,5-7H2,1H3,(H2,15,18). The van der Waals surface area contributed by atoms with Gasteiger partial charge in [-0.25, -0.2) is 4.39 Å². The molecule has 0 aliphatic carbocycles. The monoisotopic (exact) mass is 266 g/mol. The fourth-order valence-electron chi connectivity index (χ4n) is 2.17. The van der Waals surface area contributed by atoms with E-state index in [1.54, 1.807) is 11.0 Å². The van der Waals surface area contributed by atoms with Crippen molar-refractivity contribution in [1.29, 1.82) is 0 Å². The molecule has 1 aromatic carbocycles. The van der Waals surface area contributed by atoms with Gasteiger partial charge in [0, 0.05) is 6.54 Å². The molecule has 1 aliphatic heterocycles. The molecule has 0 spiro atoms. The molecule has 1 atom stereocenters. The topological polar surface area (TPSA) is 72.6 Å². The van der Waals surface area contributed by atoms with Crippen molar-refractivity contribution in [3.8, 4) is 0 Å². The van der Waals surface area contributed by atoms with Gasteiger partial charge in [0.1, 0.15) is 5.82 Å². The zero-order valence-electron chi connectivity index (χ0n) is 10.6. The van der Waals surface area contributed by atoms with Crippen LogP contribution in [0, 0.1) is 5.82 Å². The van der Waals surface area contributed by atoms with E-state index in [0.29, 0.717) is 18.8 Å². The predicted octanol–water partition coefficient (Wildman–Crippen LogP) is 0.719. The molecule has 0 saturated carbocycles. The third-order valence-electron chi connectivity index (χ3n) is 3.07. The van der Waals surface area contributed by atoms with E-state index in [-0.39, 0.29) is 17.9 Å². The Bertz CT molecular complexity index is 519. The number of hydrogen-bond donors (Lipinski definition) is 1. The smallest absolute Gasteiger partial charge is 0.248 e. The van der Waals surface area contributed by atoms with Crippen molar-refractivity contribution in [2.45, 2.75) is 13.0 Å². The van der Waals surface area contributed by atoms with Crippen molar-refractivity contribution in [1.82, 2.24) is 0 Å². The number of carbonyl (C=O) groups is 2. The quantitative estimate of drug-likeness (QED) is 0.818. The highest BCUT2D eigenvalue weighted by Crippen LogP contribution is 2.25. The number of amides is 1. The number of rotatable bonds is 3. The molecule has 1 heterocycles. The number of ether oxygens (including phenoxy) is 1. The summed E-state index contributed by atoms with van der Waals surface area (Å²) in [4.78, 5) is 24.5. The van der Waals surface area contributed by atoms with E-state index in [4.69, 9.17) is 10.5 Å². The van der Waals surface area contributed by atoms with Crippen LogP contribution in [0.3, 0.4) is 0 Å².